The van der Waals surface area contributed by atoms with Crippen LogP contribution in [-0.2, 0) is 6.54 Å². The van der Waals surface area contributed by atoms with Gasteiger partial charge in [0.25, 0.3) is 5.91 Å². The zero-order valence-electron chi connectivity index (χ0n) is 16.7. The van der Waals surface area contributed by atoms with Crippen LogP contribution in [0, 0.1) is 0 Å². The molecule has 1 N–H and O–H groups in total. The first-order chi connectivity index (χ1) is 14.8. The highest BCUT2D eigenvalue weighted by atomic mass is 16.1. The van der Waals surface area contributed by atoms with Crippen molar-refractivity contribution in [2.45, 2.75) is 19.0 Å². The molecule has 150 valence electrons. The molecule has 1 aromatic heterocycles. The lowest BCUT2D eigenvalue weighted by atomic mass is 10.1. The lowest BCUT2D eigenvalue weighted by molar-refractivity contribution is 0.0937. The SMILES string of the molecule is O=C(N[C@H]1CCN(Cc2ccccc2)C1)c1ccc(-n2cnc3ccccc32)cc1. The molecular weight excluding hydrogens is 372 g/mol. The Labute approximate surface area is 176 Å². The minimum atomic E-state index is -0.0106. The van der Waals surface area contributed by atoms with Gasteiger partial charge < -0.3 is 5.32 Å². The van der Waals surface area contributed by atoms with Crippen molar-refractivity contribution < 1.29 is 4.79 Å². The van der Waals surface area contributed by atoms with Crippen LogP contribution in [0.15, 0.2) is 85.2 Å². The Hall–Kier alpha value is -3.44. The molecule has 0 bridgehead atoms. The maximum atomic E-state index is 12.7. The van der Waals surface area contributed by atoms with Crippen molar-refractivity contribution in [3.05, 3.63) is 96.3 Å². The number of hydrogen-bond donors (Lipinski definition) is 1. The second-order valence-electron chi connectivity index (χ2n) is 7.83. The summed E-state index contributed by atoms with van der Waals surface area (Å²) in [7, 11) is 0. The molecule has 1 aliphatic heterocycles. The first-order valence-corrected chi connectivity index (χ1v) is 10.4. The number of amides is 1. The molecule has 5 nitrogen and oxygen atoms in total. The second-order valence-corrected chi connectivity index (χ2v) is 7.83. The average molecular weight is 396 g/mol. The highest BCUT2D eigenvalue weighted by Crippen LogP contribution is 2.19. The van der Waals surface area contributed by atoms with Crippen molar-refractivity contribution in [2.24, 2.45) is 0 Å². The molecule has 0 radical (unpaired) electrons. The highest BCUT2D eigenvalue weighted by Gasteiger charge is 2.24. The van der Waals surface area contributed by atoms with E-state index >= 15 is 0 Å². The Bertz CT molecular complexity index is 1150. The first kappa shape index (κ1) is 18.6. The van der Waals surface area contributed by atoms with Gasteiger partial charge in [-0.2, -0.15) is 0 Å². The standard InChI is InChI=1S/C25H24N4O/c30-25(27-21-14-15-28(17-21)16-19-6-2-1-3-7-19)20-10-12-22(13-11-20)29-18-26-23-8-4-5-9-24(23)29/h1-13,18,21H,14-17H2,(H,27,30)/t21-/m0/s1. The molecule has 0 unspecified atom stereocenters. The van der Waals surface area contributed by atoms with Gasteiger partial charge in [0.1, 0.15) is 6.33 Å². The molecular formula is C25H24N4O. The smallest absolute Gasteiger partial charge is 0.251 e. The van der Waals surface area contributed by atoms with Crippen LogP contribution in [0.4, 0.5) is 0 Å². The van der Waals surface area contributed by atoms with Gasteiger partial charge in [0, 0.05) is 36.9 Å². The van der Waals surface area contributed by atoms with Crippen molar-refractivity contribution in [3.8, 4) is 5.69 Å². The van der Waals surface area contributed by atoms with Gasteiger partial charge in [0.05, 0.1) is 11.0 Å². The zero-order chi connectivity index (χ0) is 20.3. The topological polar surface area (TPSA) is 50.2 Å². The summed E-state index contributed by atoms with van der Waals surface area (Å²) in [6.07, 6.45) is 2.80. The van der Waals surface area contributed by atoms with Gasteiger partial charge in [-0.25, -0.2) is 4.98 Å². The quantitative estimate of drug-likeness (QED) is 0.554. The van der Waals surface area contributed by atoms with Crippen LogP contribution in [-0.4, -0.2) is 39.5 Å². The third-order valence-corrected chi connectivity index (χ3v) is 5.72. The lowest BCUT2D eigenvalue weighted by Gasteiger charge is -2.17. The number of carbonyl (C=O) groups excluding carboxylic acids is 1. The van der Waals surface area contributed by atoms with Crippen molar-refractivity contribution >= 4 is 16.9 Å². The molecule has 1 fully saturated rings. The number of nitrogens with one attached hydrogen (secondary N) is 1. The molecule has 1 amide bonds. The van der Waals surface area contributed by atoms with E-state index in [4.69, 9.17) is 0 Å². The minimum absolute atomic E-state index is 0.0106. The maximum absolute atomic E-state index is 12.7. The summed E-state index contributed by atoms with van der Waals surface area (Å²) in [5.74, 6) is -0.0106. The van der Waals surface area contributed by atoms with Gasteiger partial charge >= 0.3 is 0 Å². The highest BCUT2D eigenvalue weighted by molar-refractivity contribution is 5.94. The van der Waals surface area contributed by atoms with Crippen molar-refractivity contribution in [3.63, 3.8) is 0 Å². The molecule has 5 heteroatoms. The predicted octanol–water partition coefficient (Wildman–Crippen LogP) is 4.03. The third kappa shape index (κ3) is 3.84. The van der Waals surface area contributed by atoms with Gasteiger partial charge in [-0.3, -0.25) is 14.3 Å². The van der Waals surface area contributed by atoms with Gasteiger partial charge in [0.2, 0.25) is 0 Å². The third-order valence-electron chi connectivity index (χ3n) is 5.72. The van der Waals surface area contributed by atoms with E-state index in [1.54, 1.807) is 0 Å². The minimum Gasteiger partial charge on any atom is -0.348 e. The van der Waals surface area contributed by atoms with E-state index in [0.717, 1.165) is 42.8 Å². The summed E-state index contributed by atoms with van der Waals surface area (Å²) >= 11 is 0. The van der Waals surface area contributed by atoms with Gasteiger partial charge in [0.15, 0.2) is 0 Å². The van der Waals surface area contributed by atoms with Gasteiger partial charge in [-0.1, -0.05) is 42.5 Å². The first-order valence-electron chi connectivity index (χ1n) is 10.4. The molecule has 3 aromatic carbocycles. The van der Waals surface area contributed by atoms with Crippen molar-refractivity contribution in [2.75, 3.05) is 13.1 Å². The number of aromatic nitrogens is 2. The van der Waals surface area contributed by atoms with E-state index in [-0.39, 0.29) is 11.9 Å². The Balaban J connectivity index is 1.22. The van der Waals surface area contributed by atoms with E-state index in [1.165, 1.54) is 5.56 Å². The number of likely N-dealkylation sites (tertiary alicyclic amines) is 1. The maximum Gasteiger partial charge on any atom is 0.251 e. The van der Waals surface area contributed by atoms with Gasteiger partial charge in [-0.05, 0) is 48.4 Å². The fraction of sp³-hybridized carbons (Fsp3) is 0.200. The number of nitrogens with zero attached hydrogens (tertiary/aromatic N) is 3. The summed E-state index contributed by atoms with van der Waals surface area (Å²) in [5.41, 5.74) is 5.01. The van der Waals surface area contributed by atoms with Gasteiger partial charge in [-0.15, -0.1) is 0 Å². The summed E-state index contributed by atoms with van der Waals surface area (Å²) in [4.78, 5) is 19.6. The van der Waals surface area contributed by atoms with Crippen LogP contribution in [0.25, 0.3) is 16.7 Å². The van der Waals surface area contributed by atoms with Crippen LogP contribution in [0.5, 0.6) is 0 Å². The number of hydrogen-bond acceptors (Lipinski definition) is 3. The monoisotopic (exact) mass is 396 g/mol. The van der Waals surface area contributed by atoms with E-state index in [9.17, 15) is 4.79 Å². The molecule has 1 atom stereocenters. The largest absolute Gasteiger partial charge is 0.348 e. The van der Waals surface area contributed by atoms with E-state index in [1.807, 2.05) is 65.5 Å². The number of fused-ring (bicyclic) bond motifs is 1. The number of benzene rings is 3. The molecule has 0 spiro atoms. The van der Waals surface area contributed by atoms with Crippen LogP contribution < -0.4 is 5.32 Å². The van der Waals surface area contributed by atoms with Crippen LogP contribution in [0.1, 0.15) is 22.3 Å². The Morgan fingerprint density at radius 3 is 2.57 bits per heavy atom. The van der Waals surface area contributed by atoms with E-state index in [0.29, 0.717) is 5.56 Å². The molecule has 30 heavy (non-hydrogen) atoms. The molecule has 2 heterocycles. The Kier molecular flexibility index (Phi) is 5.03. The second kappa shape index (κ2) is 8.13. The summed E-state index contributed by atoms with van der Waals surface area (Å²) in [6.45, 7) is 2.83. The molecule has 1 aliphatic rings. The summed E-state index contributed by atoms with van der Waals surface area (Å²) in [6, 6.07) is 26.4. The number of carbonyl (C=O) groups is 1. The normalized spacial score (nSPS) is 16.7. The summed E-state index contributed by atoms with van der Waals surface area (Å²) in [5, 5.41) is 3.20. The van der Waals surface area contributed by atoms with Crippen LogP contribution in [0.3, 0.4) is 0 Å². The number of imidazole rings is 1. The van der Waals surface area contributed by atoms with E-state index < -0.39 is 0 Å². The van der Waals surface area contributed by atoms with Crippen molar-refractivity contribution in [1.82, 2.24) is 19.8 Å². The fourth-order valence-corrected chi connectivity index (χ4v) is 4.14. The molecule has 5 rings (SSSR count). The average Bonchev–Trinajstić information content (AvgIpc) is 3.41. The Morgan fingerprint density at radius 2 is 1.73 bits per heavy atom. The number of para-hydroxylation sites is 2. The summed E-state index contributed by atoms with van der Waals surface area (Å²) < 4.78 is 2.04. The molecule has 0 saturated carbocycles. The lowest BCUT2D eigenvalue weighted by Crippen LogP contribution is -2.36. The molecule has 4 aromatic rings. The predicted molar refractivity (Wildman–Crippen MR) is 119 cm³/mol. The van der Waals surface area contributed by atoms with Crippen molar-refractivity contribution in [1.29, 1.82) is 0 Å². The van der Waals surface area contributed by atoms with Crippen LogP contribution in [0.2, 0.25) is 0 Å². The molecule has 1 saturated heterocycles. The van der Waals surface area contributed by atoms with Crippen LogP contribution >= 0.6 is 0 Å². The number of rotatable bonds is 5. The molecule has 0 aliphatic carbocycles. The Morgan fingerprint density at radius 1 is 0.967 bits per heavy atom. The van der Waals surface area contributed by atoms with E-state index in [2.05, 4.69) is 39.5 Å². The zero-order valence-corrected chi connectivity index (χ0v) is 16.7. The fourth-order valence-electron chi connectivity index (χ4n) is 4.14.